The number of amides is 1. The minimum Gasteiger partial charge on any atom is -0.494 e. The number of anilines is 2. The number of rotatable bonds is 7. The summed E-state index contributed by atoms with van der Waals surface area (Å²) in [6.45, 7) is 9.20. The molecule has 226 valence electrons. The van der Waals surface area contributed by atoms with Crippen LogP contribution in [0.2, 0.25) is 0 Å². The maximum absolute atomic E-state index is 13.2. The molecule has 2 heterocycles. The Labute approximate surface area is 237 Å². The summed E-state index contributed by atoms with van der Waals surface area (Å²) in [5.74, 6) is -1.57. The second-order valence-corrected chi connectivity index (χ2v) is 11.4. The molecule has 0 saturated carbocycles. The molecule has 0 spiro atoms. The molecule has 3 N–H and O–H groups in total. The number of ether oxygens (including phenoxy) is 1. The van der Waals surface area contributed by atoms with Crippen molar-refractivity contribution < 1.29 is 41.0 Å². The zero-order valence-corrected chi connectivity index (χ0v) is 23.7. The normalized spacial score (nSPS) is 16.4. The number of carboxylic acid groups (broad SMARTS) is 1. The van der Waals surface area contributed by atoms with Crippen molar-refractivity contribution in [3.63, 3.8) is 0 Å². The summed E-state index contributed by atoms with van der Waals surface area (Å²) in [7, 11) is -3.85. The van der Waals surface area contributed by atoms with E-state index in [2.05, 4.69) is 21.9 Å². The van der Waals surface area contributed by atoms with Crippen LogP contribution in [0.4, 0.5) is 24.5 Å². The van der Waals surface area contributed by atoms with Gasteiger partial charge < -0.3 is 25.0 Å². The number of carbonyl (C=O) groups is 2. The van der Waals surface area contributed by atoms with Crippen molar-refractivity contribution in [1.82, 2.24) is 10.2 Å². The predicted molar refractivity (Wildman–Crippen MR) is 148 cm³/mol. The van der Waals surface area contributed by atoms with E-state index in [1.54, 1.807) is 18.2 Å². The average Bonchev–Trinajstić information content (AvgIpc) is 2.94. The van der Waals surface area contributed by atoms with Gasteiger partial charge in [-0.1, -0.05) is 6.92 Å². The number of nitrogens with one attached hydrogen (secondary N) is 2. The highest BCUT2D eigenvalue weighted by Gasteiger charge is 2.38. The van der Waals surface area contributed by atoms with E-state index >= 15 is 0 Å². The van der Waals surface area contributed by atoms with Gasteiger partial charge in [0.1, 0.15) is 5.75 Å². The molecule has 2 saturated heterocycles. The number of likely N-dealkylation sites (tertiary alicyclic amines) is 1. The number of sulfonamides is 1. The zero-order chi connectivity index (χ0) is 30.2. The highest BCUT2D eigenvalue weighted by molar-refractivity contribution is 7.92. The summed E-state index contributed by atoms with van der Waals surface area (Å²) in [4.78, 5) is 26.2. The number of carbonyl (C=O) groups excluding carboxylic acids is 1. The quantitative estimate of drug-likeness (QED) is 0.438. The molecule has 2 aliphatic rings. The van der Waals surface area contributed by atoms with Gasteiger partial charge in [0.25, 0.3) is 15.9 Å². The number of carboxylic acids is 1. The van der Waals surface area contributed by atoms with Crippen LogP contribution in [0.3, 0.4) is 0 Å². The maximum Gasteiger partial charge on any atom is 0.490 e. The van der Waals surface area contributed by atoms with Crippen molar-refractivity contribution in [2.24, 2.45) is 5.92 Å². The van der Waals surface area contributed by atoms with Gasteiger partial charge in [-0.05, 0) is 68.1 Å². The lowest BCUT2D eigenvalue weighted by Crippen LogP contribution is -2.44. The fraction of sp³-hybridized carbons (Fsp3) is 0.481. The van der Waals surface area contributed by atoms with Crippen LogP contribution < -0.4 is 19.7 Å². The number of benzene rings is 2. The van der Waals surface area contributed by atoms with Crippen LogP contribution in [-0.4, -0.2) is 82.4 Å². The molecular weight excluding hydrogens is 565 g/mol. The van der Waals surface area contributed by atoms with Crippen LogP contribution in [-0.2, 0) is 14.8 Å². The van der Waals surface area contributed by atoms with Crippen LogP contribution in [0.25, 0.3) is 0 Å². The van der Waals surface area contributed by atoms with E-state index in [0.29, 0.717) is 29.5 Å². The van der Waals surface area contributed by atoms with Gasteiger partial charge in [-0.2, -0.15) is 13.2 Å². The molecule has 14 heteroatoms. The third-order valence-corrected chi connectivity index (χ3v) is 8.09. The molecular formula is C27H35F3N4O6S. The number of halogens is 3. The van der Waals surface area contributed by atoms with Crippen LogP contribution in [0.15, 0.2) is 47.4 Å². The van der Waals surface area contributed by atoms with Crippen molar-refractivity contribution in [1.29, 1.82) is 0 Å². The fourth-order valence-electron chi connectivity index (χ4n) is 4.41. The van der Waals surface area contributed by atoms with Crippen LogP contribution in [0.1, 0.15) is 37.0 Å². The molecule has 0 bridgehead atoms. The molecule has 0 unspecified atom stereocenters. The van der Waals surface area contributed by atoms with Gasteiger partial charge in [-0.15, -0.1) is 0 Å². The Kier molecular flexibility index (Phi) is 10.8. The molecule has 2 aliphatic heterocycles. The van der Waals surface area contributed by atoms with Crippen molar-refractivity contribution in [3.8, 4) is 5.75 Å². The van der Waals surface area contributed by atoms with E-state index in [1.807, 2.05) is 24.0 Å². The fourth-order valence-corrected chi connectivity index (χ4v) is 5.48. The summed E-state index contributed by atoms with van der Waals surface area (Å²) < 4.78 is 66.4. The van der Waals surface area contributed by atoms with E-state index in [9.17, 15) is 26.4 Å². The number of aliphatic carboxylic acids is 1. The summed E-state index contributed by atoms with van der Waals surface area (Å²) in [6.07, 6.45) is -3.11. The SMILES string of the molecule is CCOc1ccc(S(=O)(=O)Nc2cc(C(=O)N3CCC(C)CC3)ccc2N2CCNCC2)cc1.O=C(O)C(F)(F)F. The third-order valence-electron chi connectivity index (χ3n) is 6.70. The molecule has 2 fully saturated rings. The van der Waals surface area contributed by atoms with Gasteiger partial charge >= 0.3 is 12.1 Å². The largest absolute Gasteiger partial charge is 0.494 e. The lowest BCUT2D eigenvalue weighted by atomic mass is 9.98. The maximum atomic E-state index is 13.2. The number of piperidine rings is 1. The predicted octanol–water partition coefficient (Wildman–Crippen LogP) is 3.80. The van der Waals surface area contributed by atoms with E-state index < -0.39 is 22.2 Å². The van der Waals surface area contributed by atoms with Gasteiger partial charge in [0.2, 0.25) is 0 Å². The topological polar surface area (TPSA) is 128 Å². The van der Waals surface area contributed by atoms with Gasteiger partial charge in [-0.3, -0.25) is 9.52 Å². The number of hydrogen-bond donors (Lipinski definition) is 3. The van der Waals surface area contributed by atoms with Gasteiger partial charge in [0, 0.05) is 44.8 Å². The van der Waals surface area contributed by atoms with Crippen molar-refractivity contribution in [2.45, 2.75) is 37.8 Å². The van der Waals surface area contributed by atoms with Crippen molar-refractivity contribution >= 4 is 33.3 Å². The highest BCUT2D eigenvalue weighted by atomic mass is 32.2. The first-order valence-corrected chi connectivity index (χ1v) is 14.7. The lowest BCUT2D eigenvalue weighted by Gasteiger charge is -2.32. The van der Waals surface area contributed by atoms with E-state index in [4.69, 9.17) is 14.6 Å². The second-order valence-electron chi connectivity index (χ2n) is 9.76. The summed E-state index contributed by atoms with van der Waals surface area (Å²) in [5, 5.41) is 10.4. The second kappa shape index (κ2) is 13.9. The Hall–Kier alpha value is -3.52. The number of nitrogens with zero attached hydrogens (tertiary/aromatic N) is 2. The number of piperazine rings is 1. The molecule has 4 rings (SSSR count). The molecule has 1 amide bonds. The Bertz CT molecular complexity index is 1290. The zero-order valence-electron chi connectivity index (χ0n) is 22.9. The minimum atomic E-state index is -5.08. The first-order valence-electron chi connectivity index (χ1n) is 13.3. The number of alkyl halides is 3. The van der Waals surface area contributed by atoms with Crippen molar-refractivity contribution in [2.75, 3.05) is 55.5 Å². The van der Waals surface area contributed by atoms with Gasteiger partial charge in [0.15, 0.2) is 0 Å². The molecule has 0 atom stereocenters. The van der Waals surface area contributed by atoms with Crippen LogP contribution >= 0.6 is 0 Å². The molecule has 10 nitrogen and oxygen atoms in total. The summed E-state index contributed by atoms with van der Waals surface area (Å²) in [5.41, 5.74) is 1.70. The number of hydrogen-bond acceptors (Lipinski definition) is 7. The molecule has 0 radical (unpaired) electrons. The van der Waals surface area contributed by atoms with E-state index in [1.165, 1.54) is 12.1 Å². The molecule has 2 aromatic rings. The smallest absolute Gasteiger partial charge is 0.490 e. The highest BCUT2D eigenvalue weighted by Crippen LogP contribution is 2.31. The van der Waals surface area contributed by atoms with Gasteiger partial charge in [-0.25, -0.2) is 13.2 Å². The van der Waals surface area contributed by atoms with Crippen LogP contribution in [0, 0.1) is 5.92 Å². The Morgan fingerprint density at radius 1 is 1.05 bits per heavy atom. The first-order chi connectivity index (χ1) is 19.3. The lowest BCUT2D eigenvalue weighted by molar-refractivity contribution is -0.192. The molecule has 0 aromatic heterocycles. The van der Waals surface area contributed by atoms with E-state index in [0.717, 1.165) is 57.8 Å². The molecule has 2 aromatic carbocycles. The van der Waals surface area contributed by atoms with E-state index in [-0.39, 0.29) is 10.8 Å². The minimum absolute atomic E-state index is 0.0553. The summed E-state index contributed by atoms with van der Waals surface area (Å²) >= 11 is 0. The monoisotopic (exact) mass is 600 g/mol. The van der Waals surface area contributed by atoms with Crippen molar-refractivity contribution in [3.05, 3.63) is 48.0 Å². The average molecular weight is 601 g/mol. The Morgan fingerprint density at radius 3 is 2.17 bits per heavy atom. The third kappa shape index (κ3) is 8.98. The van der Waals surface area contributed by atoms with Crippen LogP contribution in [0.5, 0.6) is 5.75 Å². The standard InChI is InChI=1S/C25H34N4O4S.C2HF3O2/c1-3-33-21-5-7-22(8-6-21)34(31,32)27-23-18-20(25(30)29-14-10-19(2)11-15-29)4-9-24(23)28-16-12-26-13-17-28;3-2(4,5)1(6)7/h4-9,18-19,26-27H,3,10-17H2,1-2H3;(H,6,7). The Morgan fingerprint density at radius 2 is 1.63 bits per heavy atom. The first kappa shape index (κ1) is 32.0. The summed E-state index contributed by atoms with van der Waals surface area (Å²) in [6, 6.07) is 11.7. The Balaban J connectivity index is 0.000000587. The molecule has 41 heavy (non-hydrogen) atoms. The molecule has 0 aliphatic carbocycles. The van der Waals surface area contributed by atoms with Gasteiger partial charge in [0.05, 0.1) is 22.9 Å².